The zero-order valence-corrected chi connectivity index (χ0v) is 66.0. The van der Waals surface area contributed by atoms with Crippen LogP contribution in [0.15, 0.2) is 0 Å². The number of carbonyl (C=O) groups excluding carboxylic acids is 4. The van der Waals surface area contributed by atoms with E-state index in [2.05, 4.69) is 48.5 Å². The van der Waals surface area contributed by atoms with E-state index in [-0.39, 0.29) is 25.7 Å². The maximum atomic E-state index is 13.1. The topological polar surface area (TPSA) is 237 Å². The predicted octanol–water partition coefficient (Wildman–Crippen LogP) is 23.4. The molecule has 0 amide bonds. The molecule has 3 N–H and O–H groups in total. The lowest BCUT2D eigenvalue weighted by atomic mass is 9.99. The Labute approximate surface area is 600 Å². The number of ether oxygens (including phenoxy) is 4. The molecule has 0 radical (unpaired) electrons. The first-order chi connectivity index (χ1) is 47.3. The summed E-state index contributed by atoms with van der Waals surface area (Å²) >= 11 is 0. The Kier molecular flexibility index (Phi) is 68.1. The molecule has 0 aromatic rings. The quantitative estimate of drug-likeness (QED) is 0.0222. The van der Waals surface area contributed by atoms with Gasteiger partial charge in [-0.1, -0.05) is 357 Å². The van der Waals surface area contributed by atoms with E-state index < -0.39 is 97.5 Å². The number of hydrogen-bond acceptors (Lipinski definition) is 15. The summed E-state index contributed by atoms with van der Waals surface area (Å²) in [5, 5.41) is 10.6. The smallest absolute Gasteiger partial charge is 0.462 e. The standard InChI is InChI=1S/C79H154O17P2/c1-8-10-11-12-13-14-15-16-21-25-28-33-38-46-53-60-76(81)89-66-74(95-78(83)62-55-48-39-34-29-26-23-20-18-17-19-22-24-27-32-37-45-52-59-72(7)9-2)68-93-97(85,86)91-64-73(80)65-92-98(87,88)94-69-75(67-90-77(82)61-54-47-42-41-44-51-58-71(5)6)96-79(84)63-56-49-40-35-30-31-36-43-50-57-70(3)4/h70-75,80H,8-69H2,1-7H3,(H,85,86)(H,87,88)/t72?,73-,74-,75-/m1/s1. The number of phosphoric acid groups is 2. The van der Waals surface area contributed by atoms with Crippen molar-refractivity contribution in [3.05, 3.63) is 0 Å². The fourth-order valence-corrected chi connectivity index (χ4v) is 13.7. The van der Waals surface area contributed by atoms with Gasteiger partial charge in [0.25, 0.3) is 0 Å². The highest BCUT2D eigenvalue weighted by atomic mass is 31.2. The van der Waals surface area contributed by atoms with Gasteiger partial charge in [0, 0.05) is 25.7 Å². The largest absolute Gasteiger partial charge is 0.472 e. The van der Waals surface area contributed by atoms with Crippen LogP contribution in [0.25, 0.3) is 0 Å². The molecule has 19 heteroatoms. The molecule has 0 aliphatic carbocycles. The molecule has 0 saturated heterocycles. The Hall–Kier alpha value is -1.94. The van der Waals surface area contributed by atoms with Crippen LogP contribution in [0.3, 0.4) is 0 Å². The van der Waals surface area contributed by atoms with Crippen LogP contribution in [0, 0.1) is 17.8 Å². The van der Waals surface area contributed by atoms with Crippen LogP contribution in [0.4, 0.5) is 0 Å². The summed E-state index contributed by atoms with van der Waals surface area (Å²) in [6.07, 6.45) is 57.1. The first-order valence-corrected chi connectivity index (χ1v) is 43.9. The number of rotatable bonds is 77. The van der Waals surface area contributed by atoms with Crippen LogP contribution < -0.4 is 0 Å². The summed E-state index contributed by atoms with van der Waals surface area (Å²) in [4.78, 5) is 72.8. The zero-order valence-electron chi connectivity index (χ0n) is 64.3. The van der Waals surface area contributed by atoms with Crippen LogP contribution in [0.5, 0.6) is 0 Å². The molecule has 6 atom stereocenters. The fraction of sp³-hybridized carbons (Fsp3) is 0.949. The van der Waals surface area contributed by atoms with Gasteiger partial charge in [-0.2, -0.15) is 0 Å². The second-order valence-corrected chi connectivity index (χ2v) is 32.6. The van der Waals surface area contributed by atoms with Crippen molar-refractivity contribution < 1.29 is 80.2 Å². The summed E-state index contributed by atoms with van der Waals surface area (Å²) in [7, 11) is -9.91. The van der Waals surface area contributed by atoms with Crippen molar-refractivity contribution in [1.82, 2.24) is 0 Å². The SMILES string of the molecule is CCCCCCCCCCCCCCCCCC(=O)OC[C@H](COP(=O)(O)OC[C@@H](O)COP(=O)(O)OC[C@@H](COC(=O)CCCCCCCCC(C)C)OC(=O)CCCCCCCCCCCC(C)C)OC(=O)CCCCCCCCCCCCCCCCCCCCC(C)CC. The third-order valence-corrected chi connectivity index (χ3v) is 20.6. The number of carbonyl (C=O) groups is 4. The third-order valence-electron chi connectivity index (χ3n) is 18.7. The predicted molar refractivity (Wildman–Crippen MR) is 400 cm³/mol. The highest BCUT2D eigenvalue weighted by molar-refractivity contribution is 7.47. The maximum Gasteiger partial charge on any atom is 0.472 e. The minimum Gasteiger partial charge on any atom is -0.462 e. The van der Waals surface area contributed by atoms with Gasteiger partial charge < -0.3 is 33.8 Å². The highest BCUT2D eigenvalue weighted by Crippen LogP contribution is 2.45. The van der Waals surface area contributed by atoms with Crippen molar-refractivity contribution in [3.63, 3.8) is 0 Å². The third kappa shape index (κ3) is 71.1. The monoisotopic (exact) mass is 1440 g/mol. The summed E-state index contributed by atoms with van der Waals surface area (Å²) in [6, 6.07) is 0. The van der Waals surface area contributed by atoms with Crippen molar-refractivity contribution >= 4 is 39.5 Å². The number of phosphoric ester groups is 2. The van der Waals surface area contributed by atoms with Crippen LogP contribution in [-0.2, 0) is 65.4 Å². The molecular weight excluding hydrogens is 1280 g/mol. The number of aliphatic hydroxyl groups is 1. The molecule has 0 heterocycles. The second-order valence-electron chi connectivity index (χ2n) is 29.6. The van der Waals surface area contributed by atoms with Gasteiger partial charge >= 0.3 is 39.5 Å². The van der Waals surface area contributed by atoms with Gasteiger partial charge in [0.15, 0.2) is 12.2 Å². The lowest BCUT2D eigenvalue weighted by molar-refractivity contribution is -0.161. The van der Waals surface area contributed by atoms with E-state index in [4.69, 9.17) is 37.0 Å². The van der Waals surface area contributed by atoms with Gasteiger partial charge in [-0.3, -0.25) is 37.3 Å². The van der Waals surface area contributed by atoms with Gasteiger partial charge in [0.1, 0.15) is 19.3 Å². The second kappa shape index (κ2) is 69.4. The molecule has 0 spiro atoms. The number of hydrogen-bond donors (Lipinski definition) is 3. The average molecular weight is 1440 g/mol. The molecular formula is C79H154O17P2. The van der Waals surface area contributed by atoms with Crippen molar-refractivity contribution in [1.29, 1.82) is 0 Å². The van der Waals surface area contributed by atoms with E-state index in [1.54, 1.807) is 0 Å². The Morgan fingerprint density at radius 1 is 0.296 bits per heavy atom. The van der Waals surface area contributed by atoms with Crippen LogP contribution in [0.1, 0.15) is 408 Å². The van der Waals surface area contributed by atoms with Crippen molar-refractivity contribution in [3.8, 4) is 0 Å². The molecule has 0 bridgehead atoms. The first kappa shape index (κ1) is 96.1. The lowest BCUT2D eigenvalue weighted by Gasteiger charge is -2.21. The van der Waals surface area contributed by atoms with E-state index in [0.29, 0.717) is 31.6 Å². The number of esters is 4. The van der Waals surface area contributed by atoms with Crippen LogP contribution in [-0.4, -0.2) is 96.7 Å². The Balaban J connectivity index is 5.19. The molecule has 582 valence electrons. The van der Waals surface area contributed by atoms with Crippen LogP contribution >= 0.6 is 15.6 Å². The van der Waals surface area contributed by atoms with E-state index >= 15 is 0 Å². The van der Waals surface area contributed by atoms with Gasteiger partial charge in [-0.05, 0) is 43.4 Å². The van der Waals surface area contributed by atoms with Crippen LogP contribution in [0.2, 0.25) is 0 Å². The normalized spacial score (nSPS) is 14.3. The minimum atomic E-state index is -4.96. The summed E-state index contributed by atoms with van der Waals surface area (Å²) in [6.45, 7) is 11.9. The summed E-state index contributed by atoms with van der Waals surface area (Å²) in [5.41, 5.74) is 0. The number of unbranched alkanes of at least 4 members (excludes halogenated alkanes) is 44. The number of aliphatic hydroxyl groups excluding tert-OH is 1. The first-order valence-electron chi connectivity index (χ1n) is 40.9. The molecule has 0 aromatic carbocycles. The van der Waals surface area contributed by atoms with Gasteiger partial charge in [0.05, 0.1) is 26.4 Å². The Bertz CT molecular complexity index is 1910. The average Bonchev–Trinajstić information content (AvgIpc) is 1.06. The Morgan fingerprint density at radius 2 is 0.520 bits per heavy atom. The van der Waals surface area contributed by atoms with E-state index in [9.17, 15) is 43.2 Å². The molecule has 0 fully saturated rings. The molecule has 0 aliphatic heterocycles. The van der Waals surface area contributed by atoms with Crippen molar-refractivity contribution in [2.24, 2.45) is 17.8 Å². The maximum absolute atomic E-state index is 13.1. The molecule has 98 heavy (non-hydrogen) atoms. The van der Waals surface area contributed by atoms with Crippen molar-refractivity contribution in [2.75, 3.05) is 39.6 Å². The molecule has 0 aliphatic rings. The Morgan fingerprint density at radius 3 is 0.776 bits per heavy atom. The summed E-state index contributed by atoms with van der Waals surface area (Å²) < 4.78 is 68.6. The van der Waals surface area contributed by atoms with E-state index in [0.717, 1.165) is 108 Å². The highest BCUT2D eigenvalue weighted by Gasteiger charge is 2.30. The molecule has 3 unspecified atom stereocenters. The van der Waals surface area contributed by atoms with E-state index in [1.165, 1.54) is 212 Å². The molecule has 0 rings (SSSR count). The molecule has 17 nitrogen and oxygen atoms in total. The fourth-order valence-electron chi connectivity index (χ4n) is 12.1. The minimum absolute atomic E-state index is 0.104. The molecule has 0 saturated carbocycles. The van der Waals surface area contributed by atoms with Crippen molar-refractivity contribution in [2.45, 2.75) is 426 Å². The zero-order chi connectivity index (χ0) is 72.3. The lowest BCUT2D eigenvalue weighted by Crippen LogP contribution is -2.30. The molecule has 0 aromatic heterocycles. The van der Waals surface area contributed by atoms with Gasteiger partial charge in [-0.25, -0.2) is 9.13 Å². The van der Waals surface area contributed by atoms with Gasteiger partial charge in [0.2, 0.25) is 0 Å². The van der Waals surface area contributed by atoms with E-state index in [1.807, 2.05) is 0 Å². The summed E-state index contributed by atoms with van der Waals surface area (Å²) in [5.74, 6) is 0.170. The van der Waals surface area contributed by atoms with Gasteiger partial charge in [-0.15, -0.1) is 0 Å².